The first kappa shape index (κ1) is 16.2. The minimum absolute atomic E-state index is 0.941. The van der Waals surface area contributed by atoms with Crippen molar-refractivity contribution in [2.75, 3.05) is 23.7 Å². The molecule has 118 valence electrons. The molecule has 0 saturated carbocycles. The number of nitrogen functional groups attached to an aromatic ring is 1. The first-order chi connectivity index (χ1) is 10.2. The molecule has 0 atom stereocenters. The van der Waals surface area contributed by atoms with Crippen LogP contribution >= 0.6 is 0 Å². The fraction of sp³-hybridized carbons (Fsp3) is 0.684. The van der Waals surface area contributed by atoms with Gasteiger partial charge in [0.1, 0.15) is 0 Å². The number of nitrogens with two attached hydrogens (primary N) is 1. The zero-order chi connectivity index (χ0) is 15.1. The number of fused-ring (bicyclic) bond motifs is 1. The summed E-state index contributed by atoms with van der Waals surface area (Å²) in [5, 5.41) is 0. The summed E-state index contributed by atoms with van der Waals surface area (Å²) >= 11 is 0. The van der Waals surface area contributed by atoms with Crippen molar-refractivity contribution in [1.82, 2.24) is 0 Å². The summed E-state index contributed by atoms with van der Waals surface area (Å²) in [6.45, 7) is 6.76. The summed E-state index contributed by atoms with van der Waals surface area (Å²) in [5.41, 5.74) is 11.1. The third-order valence-corrected chi connectivity index (χ3v) is 4.74. The zero-order valence-electron chi connectivity index (χ0n) is 14.0. The minimum atomic E-state index is 0.941. The van der Waals surface area contributed by atoms with Gasteiger partial charge in [-0.3, -0.25) is 0 Å². The molecular weight excluding hydrogens is 256 g/mol. The summed E-state index contributed by atoms with van der Waals surface area (Å²) in [5.74, 6) is 0. The first-order valence-electron chi connectivity index (χ1n) is 8.86. The molecule has 0 bridgehead atoms. The fourth-order valence-electron chi connectivity index (χ4n) is 3.31. The van der Waals surface area contributed by atoms with E-state index in [9.17, 15) is 0 Å². The second-order valence-electron chi connectivity index (χ2n) is 6.55. The van der Waals surface area contributed by atoms with Crippen LogP contribution in [-0.2, 0) is 6.42 Å². The average Bonchev–Trinajstić information content (AvgIpc) is 2.85. The number of aryl methyl sites for hydroxylation is 1. The Balaban J connectivity index is 1.66. The quantitative estimate of drug-likeness (QED) is 0.507. The number of benzene rings is 1. The largest absolute Gasteiger partial charge is 0.398 e. The maximum absolute atomic E-state index is 6.06. The van der Waals surface area contributed by atoms with Gasteiger partial charge >= 0.3 is 0 Å². The van der Waals surface area contributed by atoms with Gasteiger partial charge in [-0.15, -0.1) is 0 Å². The topological polar surface area (TPSA) is 29.3 Å². The summed E-state index contributed by atoms with van der Waals surface area (Å²) < 4.78 is 0. The molecule has 2 N–H and O–H groups in total. The van der Waals surface area contributed by atoms with Crippen LogP contribution in [0, 0.1) is 6.92 Å². The van der Waals surface area contributed by atoms with Gasteiger partial charge in [0.15, 0.2) is 0 Å². The normalized spacial score (nSPS) is 13.7. The van der Waals surface area contributed by atoms with Crippen LogP contribution in [0.4, 0.5) is 11.4 Å². The van der Waals surface area contributed by atoms with E-state index in [1.54, 1.807) is 0 Å². The monoisotopic (exact) mass is 288 g/mol. The average molecular weight is 288 g/mol. The van der Waals surface area contributed by atoms with Crippen molar-refractivity contribution in [3.8, 4) is 0 Å². The molecule has 0 fully saturated rings. The minimum Gasteiger partial charge on any atom is -0.398 e. The van der Waals surface area contributed by atoms with Gasteiger partial charge in [-0.1, -0.05) is 57.9 Å². The summed E-state index contributed by atoms with van der Waals surface area (Å²) in [6.07, 6.45) is 12.3. The Kier molecular flexibility index (Phi) is 6.41. The third kappa shape index (κ3) is 4.66. The van der Waals surface area contributed by atoms with Gasteiger partial charge in [0, 0.05) is 24.5 Å². The van der Waals surface area contributed by atoms with E-state index in [4.69, 9.17) is 5.73 Å². The molecule has 1 heterocycles. The molecule has 0 aliphatic carbocycles. The molecule has 0 aromatic heterocycles. The van der Waals surface area contributed by atoms with E-state index in [0.717, 1.165) is 5.69 Å². The van der Waals surface area contributed by atoms with Crippen LogP contribution in [0.25, 0.3) is 0 Å². The van der Waals surface area contributed by atoms with Gasteiger partial charge in [-0.05, 0) is 37.0 Å². The highest BCUT2D eigenvalue weighted by Crippen LogP contribution is 2.32. The van der Waals surface area contributed by atoms with Crippen molar-refractivity contribution in [1.29, 1.82) is 0 Å². The zero-order valence-corrected chi connectivity index (χ0v) is 14.0. The molecule has 0 unspecified atom stereocenters. The number of hydrogen-bond acceptors (Lipinski definition) is 2. The van der Waals surface area contributed by atoms with Crippen LogP contribution in [-0.4, -0.2) is 13.1 Å². The van der Waals surface area contributed by atoms with Crippen molar-refractivity contribution in [3.05, 3.63) is 23.3 Å². The molecule has 0 spiro atoms. The number of unbranched alkanes of at least 4 members (excludes halogenated alkanes) is 7. The first-order valence-corrected chi connectivity index (χ1v) is 8.86. The second-order valence-corrected chi connectivity index (χ2v) is 6.55. The lowest BCUT2D eigenvalue weighted by molar-refractivity contribution is 0.573. The van der Waals surface area contributed by atoms with E-state index in [2.05, 4.69) is 30.9 Å². The van der Waals surface area contributed by atoms with Crippen molar-refractivity contribution < 1.29 is 0 Å². The Labute approximate surface area is 130 Å². The summed E-state index contributed by atoms with van der Waals surface area (Å²) in [4.78, 5) is 2.53. The van der Waals surface area contributed by atoms with Crippen molar-refractivity contribution in [2.45, 2.75) is 71.6 Å². The van der Waals surface area contributed by atoms with E-state index >= 15 is 0 Å². The van der Waals surface area contributed by atoms with Crippen molar-refractivity contribution >= 4 is 11.4 Å². The molecule has 0 amide bonds. The Morgan fingerprint density at radius 1 is 1.00 bits per heavy atom. The smallest absolute Gasteiger partial charge is 0.0420 e. The fourth-order valence-corrected chi connectivity index (χ4v) is 3.31. The molecule has 0 saturated heterocycles. The lowest BCUT2D eigenvalue weighted by Gasteiger charge is -2.20. The maximum atomic E-state index is 6.06. The Bertz CT molecular complexity index is 439. The molecule has 1 aliphatic rings. The predicted octanol–water partition coefficient (Wildman–Crippen LogP) is 5.08. The van der Waals surface area contributed by atoms with E-state index in [-0.39, 0.29) is 0 Å². The molecule has 1 aliphatic heterocycles. The van der Waals surface area contributed by atoms with Crippen molar-refractivity contribution in [2.24, 2.45) is 0 Å². The van der Waals surface area contributed by atoms with Crippen LogP contribution in [0.1, 0.15) is 69.4 Å². The second kappa shape index (κ2) is 8.31. The van der Waals surface area contributed by atoms with Gasteiger partial charge in [0.25, 0.3) is 0 Å². The molecule has 2 nitrogen and oxygen atoms in total. The van der Waals surface area contributed by atoms with Crippen LogP contribution in [0.3, 0.4) is 0 Å². The van der Waals surface area contributed by atoms with Crippen LogP contribution in [0.15, 0.2) is 12.1 Å². The number of hydrogen-bond donors (Lipinski definition) is 1. The van der Waals surface area contributed by atoms with Crippen LogP contribution < -0.4 is 10.6 Å². The number of anilines is 2. The molecule has 1 aromatic carbocycles. The van der Waals surface area contributed by atoms with Gasteiger partial charge in [-0.25, -0.2) is 0 Å². The summed E-state index contributed by atoms with van der Waals surface area (Å²) in [7, 11) is 0. The Hall–Kier alpha value is -1.18. The lowest BCUT2D eigenvalue weighted by Crippen LogP contribution is -2.21. The standard InChI is InChI=1S/C19H32N2/c1-3-4-5-6-7-8-9-10-12-21-13-11-17-14-16(2)18(20)15-19(17)21/h14-15H,3-13,20H2,1-2H3. The van der Waals surface area contributed by atoms with Gasteiger partial charge in [0.05, 0.1) is 0 Å². The van der Waals surface area contributed by atoms with Gasteiger partial charge < -0.3 is 10.6 Å². The Morgan fingerprint density at radius 2 is 1.67 bits per heavy atom. The molecule has 2 rings (SSSR count). The van der Waals surface area contributed by atoms with Crippen molar-refractivity contribution in [3.63, 3.8) is 0 Å². The molecular formula is C19H32N2. The molecule has 0 radical (unpaired) electrons. The summed E-state index contributed by atoms with van der Waals surface area (Å²) in [6, 6.07) is 4.46. The molecule has 2 heteroatoms. The molecule has 21 heavy (non-hydrogen) atoms. The van der Waals surface area contributed by atoms with Crippen LogP contribution in [0.2, 0.25) is 0 Å². The number of rotatable bonds is 9. The van der Waals surface area contributed by atoms with E-state index in [1.807, 2.05) is 0 Å². The third-order valence-electron chi connectivity index (χ3n) is 4.74. The highest BCUT2D eigenvalue weighted by atomic mass is 15.1. The van der Waals surface area contributed by atoms with E-state index in [1.165, 1.54) is 87.7 Å². The van der Waals surface area contributed by atoms with E-state index in [0.29, 0.717) is 0 Å². The van der Waals surface area contributed by atoms with Gasteiger partial charge in [0.2, 0.25) is 0 Å². The van der Waals surface area contributed by atoms with E-state index < -0.39 is 0 Å². The highest BCUT2D eigenvalue weighted by Gasteiger charge is 2.19. The van der Waals surface area contributed by atoms with Gasteiger partial charge in [-0.2, -0.15) is 0 Å². The molecule has 1 aromatic rings. The highest BCUT2D eigenvalue weighted by molar-refractivity contribution is 5.67. The number of nitrogens with zero attached hydrogens (tertiary/aromatic N) is 1. The predicted molar refractivity (Wildman–Crippen MR) is 94.1 cm³/mol. The lowest BCUT2D eigenvalue weighted by atomic mass is 10.1. The maximum Gasteiger partial charge on any atom is 0.0420 e. The Morgan fingerprint density at radius 3 is 2.38 bits per heavy atom. The van der Waals surface area contributed by atoms with Crippen LogP contribution in [0.5, 0.6) is 0 Å². The SMILES string of the molecule is CCCCCCCCCCN1CCc2cc(C)c(N)cc21.